The number of rotatable bonds is 7. The molecular weight excluding hydrogens is 226 g/mol. The van der Waals surface area contributed by atoms with Crippen molar-refractivity contribution in [3.05, 3.63) is 0 Å². The summed E-state index contributed by atoms with van der Waals surface area (Å²) in [6, 6.07) is -0.912. The lowest BCUT2D eigenvalue weighted by molar-refractivity contribution is -0.145. The summed E-state index contributed by atoms with van der Waals surface area (Å²) in [5, 5.41) is 13.8. The number of nitrogens with two attached hydrogens (primary N) is 1. The Morgan fingerprint density at radius 1 is 1.24 bits per heavy atom. The highest BCUT2D eigenvalue weighted by Crippen LogP contribution is 2.15. The zero-order valence-corrected chi connectivity index (χ0v) is 10.1. The van der Waals surface area contributed by atoms with Gasteiger partial charge in [0.05, 0.1) is 0 Å². The molecule has 0 fully saturated rings. The molecule has 98 valence electrons. The molecule has 0 atom stereocenters. The van der Waals surface area contributed by atoms with Crippen LogP contribution in [-0.4, -0.2) is 35.1 Å². The second-order valence-electron chi connectivity index (χ2n) is 3.68. The Morgan fingerprint density at radius 3 is 2.12 bits per heavy atom. The molecule has 0 saturated heterocycles. The minimum atomic E-state index is -1.02. The summed E-state index contributed by atoms with van der Waals surface area (Å²) in [6.45, 7) is 3.69. The van der Waals surface area contributed by atoms with Crippen molar-refractivity contribution in [1.82, 2.24) is 10.6 Å². The normalized spacial score (nSPS) is 10.9. The third-order valence-electron chi connectivity index (χ3n) is 2.69. The van der Waals surface area contributed by atoms with E-state index in [-0.39, 0.29) is 13.0 Å². The Labute approximate surface area is 99.7 Å². The predicted octanol–water partition coefficient (Wildman–Crippen LogP) is -0.196. The van der Waals surface area contributed by atoms with Crippen LogP contribution in [0.5, 0.6) is 0 Å². The van der Waals surface area contributed by atoms with Gasteiger partial charge in [0.1, 0.15) is 5.54 Å². The molecule has 0 spiro atoms. The third-order valence-corrected chi connectivity index (χ3v) is 2.69. The molecule has 0 aliphatic carbocycles. The minimum Gasteiger partial charge on any atom is -0.480 e. The van der Waals surface area contributed by atoms with Crippen LogP contribution in [0.3, 0.4) is 0 Å². The van der Waals surface area contributed by atoms with Crippen LogP contribution in [0, 0.1) is 0 Å². The molecule has 0 bridgehead atoms. The van der Waals surface area contributed by atoms with Crippen LogP contribution in [0.1, 0.15) is 33.1 Å². The number of carbonyl (C=O) groups is 3. The van der Waals surface area contributed by atoms with Crippen molar-refractivity contribution < 1.29 is 19.5 Å². The lowest BCUT2D eigenvalue weighted by Gasteiger charge is -2.28. The van der Waals surface area contributed by atoms with Gasteiger partial charge in [0.2, 0.25) is 5.91 Å². The first-order valence-corrected chi connectivity index (χ1v) is 5.45. The van der Waals surface area contributed by atoms with E-state index in [0.29, 0.717) is 12.8 Å². The zero-order chi connectivity index (χ0) is 13.5. The van der Waals surface area contributed by atoms with Gasteiger partial charge >= 0.3 is 12.0 Å². The van der Waals surface area contributed by atoms with Crippen molar-refractivity contribution in [1.29, 1.82) is 0 Å². The van der Waals surface area contributed by atoms with Crippen molar-refractivity contribution in [3.63, 3.8) is 0 Å². The summed E-state index contributed by atoms with van der Waals surface area (Å²) in [6.07, 6.45) is 0.824. The first-order chi connectivity index (χ1) is 7.88. The number of aliphatic carboxylic acids is 1. The number of urea groups is 1. The van der Waals surface area contributed by atoms with Crippen LogP contribution in [0.25, 0.3) is 0 Å². The molecule has 0 rings (SSSR count). The SMILES string of the molecule is CCC(CC)(NCCC(=O)NC(N)=O)C(=O)O. The second kappa shape index (κ2) is 6.85. The van der Waals surface area contributed by atoms with Crippen molar-refractivity contribution in [2.24, 2.45) is 5.73 Å². The molecule has 0 aliphatic heterocycles. The van der Waals surface area contributed by atoms with E-state index < -0.39 is 23.4 Å². The van der Waals surface area contributed by atoms with Crippen LogP contribution >= 0.6 is 0 Å². The molecule has 0 aromatic carbocycles. The molecule has 3 amide bonds. The summed E-state index contributed by atoms with van der Waals surface area (Å²) < 4.78 is 0. The smallest absolute Gasteiger partial charge is 0.323 e. The van der Waals surface area contributed by atoms with Gasteiger partial charge < -0.3 is 16.2 Å². The number of primary amides is 1. The van der Waals surface area contributed by atoms with Crippen molar-refractivity contribution >= 4 is 17.9 Å². The fraction of sp³-hybridized carbons (Fsp3) is 0.700. The molecule has 17 heavy (non-hydrogen) atoms. The molecule has 0 saturated carbocycles. The minimum absolute atomic E-state index is 0.00201. The molecule has 0 aromatic rings. The van der Waals surface area contributed by atoms with Gasteiger partial charge in [-0.1, -0.05) is 13.8 Å². The zero-order valence-electron chi connectivity index (χ0n) is 10.1. The topological polar surface area (TPSA) is 122 Å². The van der Waals surface area contributed by atoms with Gasteiger partial charge in [0.15, 0.2) is 0 Å². The van der Waals surface area contributed by atoms with E-state index in [0.717, 1.165) is 0 Å². The van der Waals surface area contributed by atoms with Crippen LogP contribution in [0.2, 0.25) is 0 Å². The molecule has 5 N–H and O–H groups in total. The Kier molecular flexibility index (Phi) is 6.19. The van der Waals surface area contributed by atoms with E-state index in [2.05, 4.69) is 5.32 Å². The predicted molar refractivity (Wildman–Crippen MR) is 61.3 cm³/mol. The summed E-state index contributed by atoms with van der Waals surface area (Å²) in [7, 11) is 0. The quantitative estimate of drug-likeness (QED) is 0.495. The van der Waals surface area contributed by atoms with Crippen LogP contribution in [0.15, 0.2) is 0 Å². The Bertz CT molecular complexity index is 300. The maximum absolute atomic E-state index is 11.1. The van der Waals surface area contributed by atoms with Crippen LogP contribution in [-0.2, 0) is 9.59 Å². The maximum Gasteiger partial charge on any atom is 0.323 e. The number of hydrogen-bond acceptors (Lipinski definition) is 4. The van der Waals surface area contributed by atoms with Crippen LogP contribution < -0.4 is 16.4 Å². The fourth-order valence-electron chi connectivity index (χ4n) is 1.49. The van der Waals surface area contributed by atoms with Crippen molar-refractivity contribution in [3.8, 4) is 0 Å². The Balaban J connectivity index is 4.20. The fourth-order valence-corrected chi connectivity index (χ4v) is 1.49. The van der Waals surface area contributed by atoms with E-state index in [1.165, 1.54) is 0 Å². The largest absolute Gasteiger partial charge is 0.480 e. The summed E-state index contributed by atoms with van der Waals surface area (Å²) in [5.74, 6) is -1.48. The average molecular weight is 245 g/mol. The van der Waals surface area contributed by atoms with E-state index in [1.807, 2.05) is 5.32 Å². The molecule has 0 radical (unpaired) electrons. The third kappa shape index (κ3) is 4.81. The molecular formula is C10H19N3O4. The summed E-state index contributed by atoms with van der Waals surface area (Å²) >= 11 is 0. The molecule has 0 aliphatic rings. The number of amides is 3. The number of carbonyl (C=O) groups excluding carboxylic acids is 2. The monoisotopic (exact) mass is 245 g/mol. The number of carboxylic acid groups (broad SMARTS) is 1. The lowest BCUT2D eigenvalue weighted by atomic mass is 9.93. The summed E-state index contributed by atoms with van der Waals surface area (Å²) in [5.41, 5.74) is 3.75. The maximum atomic E-state index is 11.1. The van der Waals surface area contributed by atoms with Gasteiger partial charge in [-0.15, -0.1) is 0 Å². The van der Waals surface area contributed by atoms with Crippen molar-refractivity contribution in [2.75, 3.05) is 6.54 Å². The molecule has 7 heteroatoms. The standard InChI is InChI=1S/C10H19N3O4/c1-3-10(4-2,8(15)16)12-6-5-7(14)13-9(11)17/h12H,3-6H2,1-2H3,(H,15,16)(H3,11,13,14,17). The molecule has 0 aromatic heterocycles. The van der Waals surface area contributed by atoms with Gasteiger partial charge in [-0.2, -0.15) is 0 Å². The molecule has 7 nitrogen and oxygen atoms in total. The van der Waals surface area contributed by atoms with Gasteiger partial charge in [-0.3, -0.25) is 14.9 Å². The highest BCUT2D eigenvalue weighted by Gasteiger charge is 2.33. The van der Waals surface area contributed by atoms with Gasteiger partial charge in [0, 0.05) is 13.0 Å². The number of nitrogens with one attached hydrogen (secondary N) is 2. The highest BCUT2D eigenvalue weighted by atomic mass is 16.4. The first kappa shape index (κ1) is 15.4. The van der Waals surface area contributed by atoms with E-state index in [9.17, 15) is 14.4 Å². The summed E-state index contributed by atoms with van der Waals surface area (Å²) in [4.78, 5) is 32.6. The highest BCUT2D eigenvalue weighted by molar-refractivity contribution is 5.93. The van der Waals surface area contributed by atoms with Gasteiger partial charge in [0.25, 0.3) is 0 Å². The van der Waals surface area contributed by atoms with Crippen molar-refractivity contribution in [2.45, 2.75) is 38.6 Å². The Morgan fingerprint density at radius 2 is 1.76 bits per heavy atom. The van der Waals surface area contributed by atoms with Gasteiger partial charge in [-0.25, -0.2) is 4.79 Å². The van der Waals surface area contributed by atoms with Gasteiger partial charge in [-0.05, 0) is 12.8 Å². The van der Waals surface area contributed by atoms with E-state index in [4.69, 9.17) is 10.8 Å². The van der Waals surface area contributed by atoms with E-state index in [1.54, 1.807) is 13.8 Å². The molecule has 0 unspecified atom stereocenters. The van der Waals surface area contributed by atoms with E-state index >= 15 is 0 Å². The lowest BCUT2D eigenvalue weighted by Crippen LogP contribution is -2.52. The molecule has 0 heterocycles. The second-order valence-corrected chi connectivity index (χ2v) is 3.68. The number of hydrogen-bond donors (Lipinski definition) is 4. The Hall–Kier alpha value is -1.63. The average Bonchev–Trinajstić information content (AvgIpc) is 2.23. The number of carboxylic acids is 1. The first-order valence-electron chi connectivity index (χ1n) is 5.45. The van der Waals surface area contributed by atoms with Crippen LogP contribution in [0.4, 0.5) is 4.79 Å². The number of imide groups is 1.